The van der Waals surface area contributed by atoms with Gasteiger partial charge in [0.1, 0.15) is 5.75 Å². The highest BCUT2D eigenvalue weighted by Crippen LogP contribution is 2.40. The van der Waals surface area contributed by atoms with Crippen molar-refractivity contribution >= 4 is 41.1 Å². The summed E-state index contributed by atoms with van der Waals surface area (Å²) >= 11 is 3.18. The smallest absolute Gasteiger partial charge is 0.315 e. The average molecular weight is 405 g/mol. The van der Waals surface area contributed by atoms with Crippen molar-refractivity contribution in [2.24, 2.45) is 0 Å². The minimum atomic E-state index is -0.178. The Hall–Kier alpha value is -1.83. The molecule has 0 bridgehead atoms. The highest BCUT2D eigenvalue weighted by molar-refractivity contribution is 7.99. The van der Waals surface area contributed by atoms with Crippen LogP contribution in [0.25, 0.3) is 0 Å². The quantitative estimate of drug-likeness (QED) is 0.547. The van der Waals surface area contributed by atoms with Crippen molar-refractivity contribution in [3.05, 3.63) is 48.0 Å². The van der Waals surface area contributed by atoms with Crippen molar-refractivity contribution in [2.75, 3.05) is 37.5 Å². The molecule has 3 rings (SSSR count). The molecule has 0 saturated heterocycles. The SMILES string of the molecule is CCOC(=O)CSCc1cc2c(cc1OC)N(c1ccccc1)CCNS2. The maximum atomic E-state index is 11.6. The lowest BCUT2D eigenvalue weighted by Gasteiger charge is -2.25. The average Bonchev–Trinajstić information content (AvgIpc) is 2.90. The summed E-state index contributed by atoms with van der Waals surface area (Å²) in [5, 5.41) is 0. The number of anilines is 2. The summed E-state index contributed by atoms with van der Waals surface area (Å²) in [7, 11) is 1.69. The number of methoxy groups -OCH3 is 1. The Kier molecular flexibility index (Phi) is 7.32. The van der Waals surface area contributed by atoms with Gasteiger partial charge in [-0.05, 0) is 37.1 Å². The van der Waals surface area contributed by atoms with E-state index in [0.717, 1.165) is 40.7 Å². The molecular weight excluding hydrogens is 380 g/mol. The summed E-state index contributed by atoms with van der Waals surface area (Å²) < 4.78 is 14.1. The fraction of sp³-hybridized carbons (Fsp3) is 0.350. The van der Waals surface area contributed by atoms with E-state index in [1.807, 2.05) is 13.0 Å². The third-order valence-corrected chi connectivity index (χ3v) is 5.97. The lowest BCUT2D eigenvalue weighted by molar-refractivity contribution is -0.139. The van der Waals surface area contributed by atoms with E-state index in [-0.39, 0.29) is 5.97 Å². The molecule has 7 heteroatoms. The van der Waals surface area contributed by atoms with Crippen LogP contribution in [0, 0.1) is 0 Å². The molecule has 1 aliphatic rings. The van der Waals surface area contributed by atoms with Crippen molar-refractivity contribution in [1.82, 2.24) is 4.72 Å². The highest BCUT2D eigenvalue weighted by atomic mass is 32.2. The number of esters is 1. The second-order valence-corrected chi connectivity index (χ2v) is 7.83. The van der Waals surface area contributed by atoms with Crippen LogP contribution >= 0.6 is 23.7 Å². The predicted molar refractivity (Wildman–Crippen MR) is 113 cm³/mol. The number of nitrogens with one attached hydrogen (secondary N) is 1. The summed E-state index contributed by atoms with van der Waals surface area (Å²) in [5.74, 6) is 1.70. The molecule has 27 heavy (non-hydrogen) atoms. The van der Waals surface area contributed by atoms with Gasteiger partial charge in [-0.2, -0.15) is 0 Å². The van der Waals surface area contributed by atoms with Crippen LogP contribution < -0.4 is 14.4 Å². The van der Waals surface area contributed by atoms with Gasteiger partial charge in [-0.1, -0.05) is 18.2 Å². The Labute approximate surface area is 168 Å². The van der Waals surface area contributed by atoms with Crippen LogP contribution in [0.2, 0.25) is 0 Å². The fourth-order valence-electron chi connectivity index (χ4n) is 2.92. The van der Waals surface area contributed by atoms with Crippen molar-refractivity contribution in [2.45, 2.75) is 17.6 Å². The molecule has 144 valence electrons. The standard InChI is InChI=1S/C20H24N2O3S2/c1-3-25-20(23)14-26-13-15-11-19-17(12-18(15)24-2)22(10-9-21-27-19)16-7-5-4-6-8-16/h4-8,11-12,21H,3,9-10,13-14H2,1-2H3. The molecule has 1 N–H and O–H groups in total. The third kappa shape index (κ3) is 5.12. The van der Waals surface area contributed by atoms with Crippen LogP contribution in [0.5, 0.6) is 5.75 Å². The van der Waals surface area contributed by atoms with Gasteiger partial charge in [0, 0.05) is 41.1 Å². The zero-order valence-electron chi connectivity index (χ0n) is 15.6. The molecule has 2 aromatic rings. The van der Waals surface area contributed by atoms with E-state index >= 15 is 0 Å². The first-order chi connectivity index (χ1) is 13.2. The fourth-order valence-corrected chi connectivity index (χ4v) is 4.54. The molecule has 0 radical (unpaired) electrons. The summed E-state index contributed by atoms with van der Waals surface area (Å²) in [5.41, 5.74) is 3.37. The number of carbonyl (C=O) groups excluding carboxylic acids is 1. The van der Waals surface area contributed by atoms with E-state index in [0.29, 0.717) is 18.1 Å². The zero-order chi connectivity index (χ0) is 19.1. The molecule has 0 aromatic heterocycles. The molecule has 0 amide bonds. The molecule has 0 unspecified atom stereocenters. The molecule has 1 aliphatic heterocycles. The largest absolute Gasteiger partial charge is 0.496 e. The number of nitrogens with zero attached hydrogens (tertiary/aromatic N) is 1. The lowest BCUT2D eigenvalue weighted by atomic mass is 10.1. The molecule has 0 spiro atoms. The van der Waals surface area contributed by atoms with Crippen LogP contribution in [0.1, 0.15) is 12.5 Å². The summed E-state index contributed by atoms with van der Waals surface area (Å²) in [6.45, 7) is 3.99. The topological polar surface area (TPSA) is 50.8 Å². The Morgan fingerprint density at radius 3 is 2.85 bits per heavy atom. The van der Waals surface area contributed by atoms with E-state index in [1.165, 1.54) is 11.8 Å². The third-order valence-electron chi connectivity index (χ3n) is 4.12. The normalized spacial score (nSPS) is 13.6. The van der Waals surface area contributed by atoms with Gasteiger partial charge < -0.3 is 14.4 Å². The van der Waals surface area contributed by atoms with Gasteiger partial charge in [0.05, 0.1) is 25.2 Å². The predicted octanol–water partition coefficient (Wildman–Crippen LogP) is 4.24. The minimum Gasteiger partial charge on any atom is -0.496 e. The Morgan fingerprint density at radius 1 is 1.30 bits per heavy atom. The van der Waals surface area contributed by atoms with Crippen LogP contribution in [-0.4, -0.2) is 38.5 Å². The zero-order valence-corrected chi connectivity index (χ0v) is 17.2. The van der Waals surface area contributed by atoms with E-state index in [4.69, 9.17) is 9.47 Å². The van der Waals surface area contributed by atoms with Crippen molar-refractivity contribution < 1.29 is 14.3 Å². The minimum absolute atomic E-state index is 0.178. The molecule has 2 aromatic carbocycles. The molecule has 1 heterocycles. The van der Waals surface area contributed by atoms with Crippen LogP contribution in [0.15, 0.2) is 47.4 Å². The molecule has 0 aliphatic carbocycles. The first-order valence-corrected chi connectivity index (χ1v) is 10.9. The summed E-state index contributed by atoms with van der Waals surface area (Å²) in [6.07, 6.45) is 0. The first-order valence-electron chi connectivity index (χ1n) is 8.89. The molecule has 0 atom stereocenters. The van der Waals surface area contributed by atoms with E-state index in [9.17, 15) is 4.79 Å². The molecule has 5 nitrogen and oxygen atoms in total. The summed E-state index contributed by atoms with van der Waals surface area (Å²) in [6, 6.07) is 14.6. The van der Waals surface area contributed by atoms with Gasteiger partial charge in [0.25, 0.3) is 0 Å². The molecule has 0 saturated carbocycles. The van der Waals surface area contributed by atoms with Gasteiger partial charge in [0.2, 0.25) is 0 Å². The number of hydrogen-bond donors (Lipinski definition) is 1. The first kappa shape index (κ1) is 19.9. The van der Waals surface area contributed by atoms with E-state index in [2.05, 4.69) is 46.0 Å². The van der Waals surface area contributed by atoms with Gasteiger partial charge in [0.15, 0.2) is 0 Å². The lowest BCUT2D eigenvalue weighted by Crippen LogP contribution is -2.23. The van der Waals surface area contributed by atoms with Gasteiger partial charge >= 0.3 is 5.97 Å². The number of ether oxygens (including phenoxy) is 2. The van der Waals surface area contributed by atoms with Crippen LogP contribution in [0.4, 0.5) is 11.4 Å². The number of para-hydroxylation sites is 1. The summed E-state index contributed by atoms with van der Waals surface area (Å²) in [4.78, 5) is 15.0. The molecular formula is C20H24N2O3S2. The number of hydrogen-bond acceptors (Lipinski definition) is 7. The Morgan fingerprint density at radius 2 is 2.11 bits per heavy atom. The van der Waals surface area contributed by atoms with Gasteiger partial charge in [-0.15, -0.1) is 11.8 Å². The second kappa shape index (κ2) is 9.92. The number of thioether (sulfide) groups is 1. The molecule has 0 fully saturated rings. The van der Waals surface area contributed by atoms with Crippen molar-refractivity contribution in [1.29, 1.82) is 0 Å². The van der Waals surface area contributed by atoms with Crippen molar-refractivity contribution in [3.8, 4) is 5.75 Å². The number of fused-ring (bicyclic) bond motifs is 1. The van der Waals surface area contributed by atoms with Crippen LogP contribution in [0.3, 0.4) is 0 Å². The maximum Gasteiger partial charge on any atom is 0.315 e. The highest BCUT2D eigenvalue weighted by Gasteiger charge is 2.20. The van der Waals surface area contributed by atoms with Crippen LogP contribution in [-0.2, 0) is 15.3 Å². The number of carbonyl (C=O) groups is 1. The van der Waals surface area contributed by atoms with E-state index in [1.54, 1.807) is 19.1 Å². The number of rotatable bonds is 7. The Balaban J connectivity index is 1.84. The maximum absolute atomic E-state index is 11.6. The van der Waals surface area contributed by atoms with Gasteiger partial charge in [-0.3, -0.25) is 9.52 Å². The second-order valence-electron chi connectivity index (χ2n) is 5.91. The number of benzene rings is 2. The van der Waals surface area contributed by atoms with E-state index < -0.39 is 0 Å². The van der Waals surface area contributed by atoms with Gasteiger partial charge in [-0.25, -0.2) is 0 Å². The monoisotopic (exact) mass is 404 g/mol. The Bertz CT molecular complexity index is 771. The van der Waals surface area contributed by atoms with Crippen molar-refractivity contribution in [3.63, 3.8) is 0 Å².